The summed E-state index contributed by atoms with van der Waals surface area (Å²) in [6.45, 7) is 0.842. The van der Waals surface area contributed by atoms with Crippen molar-refractivity contribution in [2.24, 2.45) is 7.05 Å². The number of hydrogen-bond acceptors (Lipinski definition) is 2. The molecule has 74 valence electrons. The molecule has 0 bridgehead atoms. The fourth-order valence-corrected chi connectivity index (χ4v) is 1.57. The second-order valence-corrected chi connectivity index (χ2v) is 3.31. The summed E-state index contributed by atoms with van der Waals surface area (Å²) in [4.78, 5) is 3.04. The van der Waals surface area contributed by atoms with Gasteiger partial charge in [-0.2, -0.15) is 5.10 Å². The Morgan fingerprint density at radius 1 is 1.57 bits per heavy atom. The van der Waals surface area contributed by atoms with Gasteiger partial charge in [0.25, 0.3) is 0 Å². The summed E-state index contributed by atoms with van der Waals surface area (Å²) in [6, 6.07) is 2.03. The highest BCUT2D eigenvalue weighted by molar-refractivity contribution is 5.61. The van der Waals surface area contributed by atoms with Crippen LogP contribution >= 0.6 is 0 Å². The van der Waals surface area contributed by atoms with Gasteiger partial charge in [-0.1, -0.05) is 0 Å². The first kappa shape index (κ1) is 9.02. The van der Waals surface area contributed by atoms with E-state index >= 15 is 0 Å². The molecule has 0 spiro atoms. The Bertz CT molecular complexity index is 400. The van der Waals surface area contributed by atoms with Gasteiger partial charge < -0.3 is 10.3 Å². The molecule has 14 heavy (non-hydrogen) atoms. The van der Waals surface area contributed by atoms with Crippen LogP contribution in [0.2, 0.25) is 0 Å². The lowest BCUT2D eigenvalue weighted by atomic mass is 10.1. The molecule has 2 heterocycles. The maximum Gasteiger partial charge on any atom is 0.0983 e. The lowest BCUT2D eigenvalue weighted by Crippen LogP contribution is -2.04. The van der Waals surface area contributed by atoms with E-state index in [1.807, 2.05) is 43.4 Å². The third kappa shape index (κ3) is 1.56. The zero-order valence-electron chi connectivity index (χ0n) is 8.41. The Kier molecular flexibility index (Phi) is 2.37. The predicted octanol–water partition coefficient (Wildman–Crippen LogP) is 1.13. The van der Waals surface area contributed by atoms with E-state index in [2.05, 4.69) is 15.4 Å². The summed E-state index contributed by atoms with van der Waals surface area (Å²) >= 11 is 0. The van der Waals surface area contributed by atoms with Crippen molar-refractivity contribution in [2.75, 3.05) is 7.05 Å². The topological polar surface area (TPSA) is 45.6 Å². The van der Waals surface area contributed by atoms with Crippen LogP contribution in [-0.4, -0.2) is 21.8 Å². The number of rotatable bonds is 3. The Balaban J connectivity index is 2.41. The van der Waals surface area contributed by atoms with Gasteiger partial charge in [0.05, 0.1) is 5.69 Å². The van der Waals surface area contributed by atoms with Crippen LogP contribution in [0.1, 0.15) is 5.56 Å². The lowest BCUT2D eigenvalue weighted by Gasteiger charge is -1.97. The monoisotopic (exact) mass is 190 g/mol. The highest BCUT2D eigenvalue weighted by Gasteiger charge is 2.08. The summed E-state index contributed by atoms with van der Waals surface area (Å²) in [5, 5.41) is 7.56. The number of H-pyrrole nitrogens is 1. The van der Waals surface area contributed by atoms with Crippen molar-refractivity contribution in [3.63, 3.8) is 0 Å². The van der Waals surface area contributed by atoms with Gasteiger partial charge in [-0.25, -0.2) is 0 Å². The first-order valence-electron chi connectivity index (χ1n) is 4.61. The molecule has 0 radical (unpaired) electrons. The van der Waals surface area contributed by atoms with Gasteiger partial charge in [-0.3, -0.25) is 4.68 Å². The van der Waals surface area contributed by atoms with E-state index in [4.69, 9.17) is 0 Å². The molecule has 2 aromatic rings. The van der Waals surface area contributed by atoms with Gasteiger partial charge in [0.2, 0.25) is 0 Å². The van der Waals surface area contributed by atoms with Crippen molar-refractivity contribution < 1.29 is 0 Å². The van der Waals surface area contributed by atoms with E-state index in [1.54, 1.807) is 0 Å². The average Bonchev–Trinajstić information content (AvgIpc) is 2.74. The average molecular weight is 190 g/mol. The van der Waals surface area contributed by atoms with Crippen molar-refractivity contribution in [3.05, 3.63) is 30.2 Å². The quantitative estimate of drug-likeness (QED) is 0.762. The minimum Gasteiger partial charge on any atom is -0.367 e. The summed E-state index contributed by atoms with van der Waals surface area (Å²) in [6.07, 6.45) is 5.91. The number of aromatic amines is 1. The molecule has 0 unspecified atom stereocenters. The van der Waals surface area contributed by atoms with Gasteiger partial charge in [0, 0.05) is 43.3 Å². The molecule has 0 aromatic carbocycles. The van der Waals surface area contributed by atoms with Crippen molar-refractivity contribution in [1.29, 1.82) is 0 Å². The second-order valence-electron chi connectivity index (χ2n) is 3.31. The first-order chi connectivity index (χ1) is 6.81. The zero-order chi connectivity index (χ0) is 9.97. The number of nitrogens with zero attached hydrogens (tertiary/aromatic N) is 2. The molecule has 4 nitrogen and oxygen atoms in total. The van der Waals surface area contributed by atoms with Crippen molar-refractivity contribution >= 4 is 0 Å². The van der Waals surface area contributed by atoms with Crippen molar-refractivity contribution in [2.45, 2.75) is 6.54 Å². The molecule has 0 saturated heterocycles. The van der Waals surface area contributed by atoms with E-state index in [0.717, 1.165) is 17.8 Å². The van der Waals surface area contributed by atoms with Gasteiger partial charge in [0.1, 0.15) is 0 Å². The number of aromatic nitrogens is 3. The summed E-state index contributed by atoms with van der Waals surface area (Å²) < 4.78 is 1.84. The minimum atomic E-state index is 0.842. The Labute approximate surface area is 82.9 Å². The van der Waals surface area contributed by atoms with Gasteiger partial charge in [0.15, 0.2) is 0 Å². The van der Waals surface area contributed by atoms with Crippen molar-refractivity contribution in [1.82, 2.24) is 20.1 Å². The first-order valence-corrected chi connectivity index (χ1v) is 4.61. The van der Waals surface area contributed by atoms with E-state index < -0.39 is 0 Å². The van der Waals surface area contributed by atoms with Crippen LogP contribution in [0.4, 0.5) is 0 Å². The highest BCUT2D eigenvalue weighted by atomic mass is 15.3. The smallest absolute Gasteiger partial charge is 0.0983 e. The van der Waals surface area contributed by atoms with Crippen LogP contribution in [0.5, 0.6) is 0 Å². The molecule has 2 N–H and O–H groups in total. The standard InChI is InChI=1S/C10H14N4/c1-11-5-9-7-14(2)13-10(9)8-3-4-12-6-8/h3-4,6-7,11-12H,5H2,1-2H3. The third-order valence-corrected chi connectivity index (χ3v) is 2.14. The zero-order valence-corrected chi connectivity index (χ0v) is 8.41. The molecule has 0 atom stereocenters. The van der Waals surface area contributed by atoms with Crippen LogP contribution in [0.3, 0.4) is 0 Å². The van der Waals surface area contributed by atoms with E-state index in [1.165, 1.54) is 5.56 Å². The number of aryl methyl sites for hydroxylation is 1. The molecule has 0 aliphatic rings. The normalized spacial score (nSPS) is 10.7. The number of hydrogen-bond donors (Lipinski definition) is 2. The summed E-state index contributed by atoms with van der Waals surface area (Å²) in [5.41, 5.74) is 3.40. The molecule has 0 fully saturated rings. The largest absolute Gasteiger partial charge is 0.367 e. The molecule has 0 saturated carbocycles. The lowest BCUT2D eigenvalue weighted by molar-refractivity contribution is 0.765. The van der Waals surface area contributed by atoms with Gasteiger partial charge in [-0.15, -0.1) is 0 Å². The summed E-state index contributed by atoms with van der Waals surface area (Å²) in [7, 11) is 3.88. The minimum absolute atomic E-state index is 0.842. The molecule has 0 aliphatic heterocycles. The van der Waals surface area contributed by atoms with Crippen LogP contribution in [0, 0.1) is 0 Å². The van der Waals surface area contributed by atoms with E-state index in [-0.39, 0.29) is 0 Å². The predicted molar refractivity (Wildman–Crippen MR) is 55.8 cm³/mol. The second kappa shape index (κ2) is 3.67. The molecule has 0 amide bonds. The van der Waals surface area contributed by atoms with Crippen LogP contribution < -0.4 is 5.32 Å². The molecule has 2 aromatic heterocycles. The third-order valence-electron chi connectivity index (χ3n) is 2.14. The van der Waals surface area contributed by atoms with Crippen molar-refractivity contribution in [3.8, 4) is 11.3 Å². The number of nitrogens with one attached hydrogen (secondary N) is 2. The van der Waals surface area contributed by atoms with Gasteiger partial charge >= 0.3 is 0 Å². The van der Waals surface area contributed by atoms with E-state index in [9.17, 15) is 0 Å². The molecular formula is C10H14N4. The van der Waals surface area contributed by atoms with Crippen LogP contribution in [0.15, 0.2) is 24.7 Å². The summed E-state index contributed by atoms with van der Waals surface area (Å²) in [5.74, 6) is 0. The van der Waals surface area contributed by atoms with Crippen LogP contribution in [-0.2, 0) is 13.6 Å². The fourth-order valence-electron chi connectivity index (χ4n) is 1.57. The highest BCUT2D eigenvalue weighted by Crippen LogP contribution is 2.20. The molecule has 4 heteroatoms. The van der Waals surface area contributed by atoms with Crippen LogP contribution in [0.25, 0.3) is 11.3 Å². The Hall–Kier alpha value is -1.55. The Morgan fingerprint density at radius 2 is 2.43 bits per heavy atom. The fraction of sp³-hybridized carbons (Fsp3) is 0.300. The Morgan fingerprint density at radius 3 is 3.07 bits per heavy atom. The SMILES string of the molecule is CNCc1cn(C)nc1-c1cc[nH]c1. The maximum atomic E-state index is 4.43. The van der Waals surface area contributed by atoms with Gasteiger partial charge in [-0.05, 0) is 13.1 Å². The maximum absolute atomic E-state index is 4.43. The molecule has 2 rings (SSSR count). The van der Waals surface area contributed by atoms with E-state index in [0.29, 0.717) is 0 Å². The molecule has 0 aliphatic carbocycles. The molecular weight excluding hydrogens is 176 g/mol.